The second-order valence-corrected chi connectivity index (χ2v) is 7.17. The molecule has 0 bridgehead atoms. The number of fused-ring (bicyclic) bond motifs is 1. The molecule has 0 saturated heterocycles. The van der Waals surface area contributed by atoms with Crippen molar-refractivity contribution in [3.63, 3.8) is 0 Å². The highest BCUT2D eigenvalue weighted by Crippen LogP contribution is 2.34. The molecule has 1 atom stereocenters. The summed E-state index contributed by atoms with van der Waals surface area (Å²) in [5.74, 6) is -6.95. The summed E-state index contributed by atoms with van der Waals surface area (Å²) in [5, 5.41) is 1.24. The maximum Gasteiger partial charge on any atom is 0.451 e. The van der Waals surface area contributed by atoms with E-state index in [2.05, 4.69) is 15.3 Å². The van der Waals surface area contributed by atoms with Crippen molar-refractivity contribution in [2.45, 2.75) is 23.4 Å². The van der Waals surface area contributed by atoms with Crippen LogP contribution < -0.4 is 5.32 Å². The second kappa shape index (κ2) is 7.90. The van der Waals surface area contributed by atoms with E-state index in [-0.39, 0.29) is 10.5 Å². The second-order valence-electron chi connectivity index (χ2n) is 5.84. The van der Waals surface area contributed by atoms with Gasteiger partial charge in [0.25, 0.3) is 0 Å². The summed E-state index contributed by atoms with van der Waals surface area (Å²) in [6.45, 7) is 1.35. The van der Waals surface area contributed by atoms with Gasteiger partial charge in [-0.2, -0.15) is 13.2 Å². The number of anilines is 1. The lowest BCUT2D eigenvalue weighted by molar-refractivity contribution is -0.145. The number of alkyl halides is 3. The minimum absolute atomic E-state index is 0.0385. The van der Waals surface area contributed by atoms with E-state index in [1.165, 1.54) is 25.1 Å². The first-order valence-corrected chi connectivity index (χ1v) is 8.91. The zero-order valence-electron chi connectivity index (χ0n) is 14.5. The maximum absolute atomic E-state index is 13.7. The zero-order chi connectivity index (χ0) is 21.3. The molecule has 3 aromatic rings. The van der Waals surface area contributed by atoms with Gasteiger partial charge in [-0.3, -0.25) is 4.79 Å². The van der Waals surface area contributed by atoms with E-state index < -0.39 is 46.3 Å². The maximum atomic E-state index is 13.7. The molecule has 152 valence electrons. The fourth-order valence-electron chi connectivity index (χ4n) is 2.34. The predicted molar refractivity (Wildman–Crippen MR) is 94.8 cm³/mol. The Kier molecular flexibility index (Phi) is 5.69. The van der Waals surface area contributed by atoms with Gasteiger partial charge in [-0.1, -0.05) is 30.0 Å². The minimum atomic E-state index is -4.79. The first-order valence-electron chi connectivity index (χ1n) is 8.03. The van der Waals surface area contributed by atoms with Crippen LogP contribution in [0.2, 0.25) is 0 Å². The number of nitrogens with one attached hydrogen (secondary N) is 1. The van der Waals surface area contributed by atoms with Crippen LogP contribution in [-0.4, -0.2) is 21.1 Å². The molecule has 1 heterocycles. The lowest BCUT2D eigenvalue weighted by Crippen LogP contribution is -2.23. The van der Waals surface area contributed by atoms with Crippen molar-refractivity contribution in [2.24, 2.45) is 0 Å². The normalized spacial score (nSPS) is 12.8. The van der Waals surface area contributed by atoms with E-state index in [0.717, 1.165) is 6.07 Å². The minimum Gasteiger partial charge on any atom is -0.323 e. The van der Waals surface area contributed by atoms with Crippen LogP contribution in [-0.2, 0) is 11.0 Å². The molecule has 0 fully saturated rings. The number of nitrogens with zero attached hydrogens (tertiary/aromatic N) is 2. The van der Waals surface area contributed by atoms with Crippen LogP contribution >= 0.6 is 11.8 Å². The zero-order valence-corrected chi connectivity index (χ0v) is 15.3. The molecule has 11 heteroatoms. The van der Waals surface area contributed by atoms with Gasteiger partial charge in [0.1, 0.15) is 5.03 Å². The molecular weight excluding hydrogens is 420 g/mol. The summed E-state index contributed by atoms with van der Waals surface area (Å²) < 4.78 is 79.2. The Labute approximate surface area is 164 Å². The molecule has 3 rings (SSSR count). The van der Waals surface area contributed by atoms with Crippen LogP contribution in [0.1, 0.15) is 12.7 Å². The number of hydrogen-bond donors (Lipinski definition) is 1. The number of carbonyl (C=O) groups is 1. The summed E-state index contributed by atoms with van der Waals surface area (Å²) in [5.41, 5.74) is -0.554. The van der Waals surface area contributed by atoms with Gasteiger partial charge in [0, 0.05) is 5.39 Å². The van der Waals surface area contributed by atoms with E-state index in [9.17, 15) is 31.1 Å². The summed E-state index contributed by atoms with van der Waals surface area (Å²) in [7, 11) is 0. The van der Waals surface area contributed by atoms with Crippen LogP contribution in [0.15, 0.2) is 41.4 Å². The van der Waals surface area contributed by atoms with Gasteiger partial charge in [-0.05, 0) is 25.1 Å². The topological polar surface area (TPSA) is 54.9 Å². The van der Waals surface area contributed by atoms with E-state index in [1.807, 2.05) is 0 Å². The van der Waals surface area contributed by atoms with Crippen molar-refractivity contribution in [1.82, 2.24) is 9.97 Å². The molecule has 0 aliphatic heterocycles. The first-order chi connectivity index (χ1) is 13.6. The molecular formula is C18H11F6N3OS. The Morgan fingerprint density at radius 1 is 1.03 bits per heavy atom. The van der Waals surface area contributed by atoms with Crippen LogP contribution in [0.25, 0.3) is 10.9 Å². The van der Waals surface area contributed by atoms with Gasteiger partial charge in [0.2, 0.25) is 11.7 Å². The highest BCUT2D eigenvalue weighted by atomic mass is 32.2. The number of halogens is 6. The highest BCUT2D eigenvalue weighted by Gasteiger charge is 2.36. The standard InChI is InChI=1S/C18H11F6N3OS/c1-8(15(28)25-12-7-6-10(19)13(20)14(12)21)29-16-9-4-2-3-5-11(9)26-17(27-16)18(22,23)24/h2-8H,1H3,(H,25,28)/t8-/m0/s1. The molecule has 1 amide bonds. The molecule has 0 radical (unpaired) electrons. The molecule has 0 unspecified atom stereocenters. The number of thioether (sulfide) groups is 1. The average Bonchev–Trinajstić information content (AvgIpc) is 2.67. The number of aromatic nitrogens is 2. The molecule has 0 spiro atoms. The third-order valence-electron chi connectivity index (χ3n) is 3.77. The predicted octanol–water partition coefficient (Wildman–Crippen LogP) is 5.19. The summed E-state index contributed by atoms with van der Waals surface area (Å²) >= 11 is 0.690. The van der Waals surface area contributed by atoms with Gasteiger partial charge < -0.3 is 5.32 Å². The van der Waals surface area contributed by atoms with Crippen LogP contribution in [0.3, 0.4) is 0 Å². The van der Waals surface area contributed by atoms with E-state index >= 15 is 0 Å². The number of benzene rings is 2. The third-order valence-corrected chi connectivity index (χ3v) is 4.87. The lowest BCUT2D eigenvalue weighted by atomic mass is 10.2. The van der Waals surface area contributed by atoms with Crippen LogP contribution in [0.5, 0.6) is 0 Å². The average molecular weight is 431 g/mol. The van der Waals surface area contributed by atoms with E-state index in [1.54, 1.807) is 6.07 Å². The quantitative estimate of drug-likeness (QED) is 0.268. The molecule has 2 aromatic carbocycles. The molecule has 1 aromatic heterocycles. The van der Waals surface area contributed by atoms with Crippen LogP contribution in [0.4, 0.5) is 32.0 Å². The monoisotopic (exact) mass is 431 g/mol. The SMILES string of the molecule is C[C@H](Sc1nc(C(F)(F)F)nc2ccccc12)C(=O)Nc1ccc(F)c(F)c1F. The van der Waals surface area contributed by atoms with Gasteiger partial charge in [0.15, 0.2) is 17.5 Å². The smallest absolute Gasteiger partial charge is 0.323 e. The number of hydrogen-bond acceptors (Lipinski definition) is 4. The van der Waals surface area contributed by atoms with Crippen molar-refractivity contribution in [3.05, 3.63) is 59.7 Å². The van der Waals surface area contributed by atoms with Gasteiger partial charge in [-0.15, -0.1) is 0 Å². The largest absolute Gasteiger partial charge is 0.451 e. The first kappa shape index (κ1) is 20.9. The number of rotatable bonds is 4. The Morgan fingerprint density at radius 3 is 2.41 bits per heavy atom. The summed E-state index contributed by atoms with van der Waals surface area (Å²) in [6.07, 6.45) is -4.79. The van der Waals surface area contributed by atoms with Crippen LogP contribution in [0, 0.1) is 17.5 Å². The number of carbonyl (C=O) groups excluding carboxylic acids is 1. The third kappa shape index (κ3) is 4.44. The Bertz CT molecular complexity index is 1090. The van der Waals surface area contributed by atoms with Gasteiger partial charge in [0.05, 0.1) is 16.5 Å². The fourth-order valence-corrected chi connectivity index (χ4v) is 3.28. The van der Waals surface area contributed by atoms with Crippen molar-refractivity contribution < 1.29 is 31.1 Å². The van der Waals surface area contributed by atoms with Crippen molar-refractivity contribution in [1.29, 1.82) is 0 Å². The molecule has 1 N–H and O–H groups in total. The van der Waals surface area contributed by atoms with Gasteiger partial charge >= 0.3 is 6.18 Å². The Balaban J connectivity index is 1.88. The fraction of sp³-hybridized carbons (Fsp3) is 0.167. The Morgan fingerprint density at radius 2 is 1.72 bits per heavy atom. The summed E-state index contributed by atoms with van der Waals surface area (Å²) in [6, 6.07) is 7.43. The molecule has 0 aliphatic rings. The molecule has 0 aliphatic carbocycles. The number of para-hydroxylation sites is 1. The highest BCUT2D eigenvalue weighted by molar-refractivity contribution is 8.00. The van der Waals surface area contributed by atoms with Crippen molar-refractivity contribution >= 4 is 34.3 Å². The molecule has 0 saturated carbocycles. The van der Waals surface area contributed by atoms with Crippen molar-refractivity contribution in [3.8, 4) is 0 Å². The summed E-state index contributed by atoms with van der Waals surface area (Å²) in [4.78, 5) is 19.3. The molecule has 4 nitrogen and oxygen atoms in total. The Hall–Kier alpha value is -2.82. The molecule has 29 heavy (non-hydrogen) atoms. The van der Waals surface area contributed by atoms with E-state index in [4.69, 9.17) is 0 Å². The van der Waals surface area contributed by atoms with E-state index in [0.29, 0.717) is 23.2 Å². The van der Waals surface area contributed by atoms with Crippen molar-refractivity contribution in [2.75, 3.05) is 5.32 Å². The van der Waals surface area contributed by atoms with Gasteiger partial charge in [-0.25, -0.2) is 23.1 Å². The lowest BCUT2D eigenvalue weighted by Gasteiger charge is -2.15. The number of amides is 1.